The van der Waals surface area contributed by atoms with Crippen LogP contribution in [-0.4, -0.2) is 23.7 Å². The molecule has 4 heteroatoms. The van der Waals surface area contributed by atoms with Crippen molar-refractivity contribution >= 4 is 0 Å². The van der Waals surface area contributed by atoms with Crippen molar-refractivity contribution in [3.8, 4) is 11.5 Å². The van der Waals surface area contributed by atoms with Crippen LogP contribution in [0.4, 0.5) is 4.39 Å². The van der Waals surface area contributed by atoms with E-state index in [4.69, 9.17) is 4.74 Å². The second-order valence-corrected chi connectivity index (χ2v) is 5.09. The summed E-state index contributed by atoms with van der Waals surface area (Å²) in [7, 11) is 1.52. The number of phenolic OH excluding ortho intramolecular Hbond substituents is 1. The fourth-order valence-electron chi connectivity index (χ4n) is 2.31. The predicted octanol–water partition coefficient (Wildman–Crippen LogP) is 3.73. The largest absolute Gasteiger partial charge is 0.504 e. The summed E-state index contributed by atoms with van der Waals surface area (Å²) < 4.78 is 18.0. The van der Waals surface area contributed by atoms with Crippen LogP contribution in [0.2, 0.25) is 0 Å². The molecule has 3 nitrogen and oxygen atoms in total. The molecule has 0 radical (unpaired) electrons. The molecule has 0 amide bonds. The molecular formula is C18H20FNO2. The van der Waals surface area contributed by atoms with E-state index in [0.29, 0.717) is 25.4 Å². The zero-order chi connectivity index (χ0) is 15.9. The van der Waals surface area contributed by atoms with Crippen molar-refractivity contribution in [1.82, 2.24) is 4.90 Å². The van der Waals surface area contributed by atoms with Gasteiger partial charge in [0.25, 0.3) is 0 Å². The van der Waals surface area contributed by atoms with E-state index in [1.807, 2.05) is 12.1 Å². The van der Waals surface area contributed by atoms with E-state index in [2.05, 4.69) is 11.5 Å². The second kappa shape index (κ2) is 7.61. The molecule has 0 aliphatic heterocycles. The molecule has 22 heavy (non-hydrogen) atoms. The third-order valence-electron chi connectivity index (χ3n) is 3.36. The molecule has 1 N–H and O–H groups in total. The van der Waals surface area contributed by atoms with Crippen LogP contribution in [0, 0.1) is 5.82 Å². The molecule has 0 aliphatic carbocycles. The number of hydrogen-bond acceptors (Lipinski definition) is 3. The van der Waals surface area contributed by atoms with Crippen LogP contribution in [0.25, 0.3) is 0 Å². The van der Waals surface area contributed by atoms with Gasteiger partial charge in [-0.05, 0) is 35.4 Å². The van der Waals surface area contributed by atoms with Crippen LogP contribution >= 0.6 is 0 Å². The Kier molecular flexibility index (Phi) is 5.55. The summed E-state index contributed by atoms with van der Waals surface area (Å²) in [6, 6.07) is 11.8. The smallest absolute Gasteiger partial charge is 0.160 e. The van der Waals surface area contributed by atoms with E-state index in [-0.39, 0.29) is 11.6 Å². The van der Waals surface area contributed by atoms with Crippen molar-refractivity contribution < 1.29 is 14.2 Å². The molecule has 2 aromatic carbocycles. The normalized spacial score (nSPS) is 10.7. The van der Waals surface area contributed by atoms with Crippen LogP contribution in [0.3, 0.4) is 0 Å². The molecule has 0 aliphatic rings. The van der Waals surface area contributed by atoms with Gasteiger partial charge >= 0.3 is 0 Å². The van der Waals surface area contributed by atoms with E-state index in [1.165, 1.54) is 19.2 Å². The van der Waals surface area contributed by atoms with Gasteiger partial charge in [-0.25, -0.2) is 4.39 Å². The van der Waals surface area contributed by atoms with E-state index in [0.717, 1.165) is 11.1 Å². The number of hydrogen-bond donors (Lipinski definition) is 1. The number of rotatable bonds is 7. The minimum atomic E-state index is -0.237. The minimum absolute atomic E-state index is 0.125. The van der Waals surface area contributed by atoms with E-state index in [9.17, 15) is 9.50 Å². The highest BCUT2D eigenvalue weighted by Gasteiger charge is 2.08. The lowest BCUT2D eigenvalue weighted by Crippen LogP contribution is -2.22. The second-order valence-electron chi connectivity index (χ2n) is 5.09. The summed E-state index contributed by atoms with van der Waals surface area (Å²) in [4.78, 5) is 2.15. The topological polar surface area (TPSA) is 32.7 Å². The van der Waals surface area contributed by atoms with Gasteiger partial charge in [0, 0.05) is 19.6 Å². The van der Waals surface area contributed by atoms with Crippen molar-refractivity contribution in [2.75, 3.05) is 13.7 Å². The van der Waals surface area contributed by atoms with Crippen LogP contribution in [0.15, 0.2) is 55.1 Å². The lowest BCUT2D eigenvalue weighted by Gasteiger charge is -2.21. The van der Waals surface area contributed by atoms with Crippen molar-refractivity contribution in [3.63, 3.8) is 0 Å². The number of ether oxygens (including phenoxy) is 1. The number of methoxy groups -OCH3 is 1. The molecule has 0 heterocycles. The van der Waals surface area contributed by atoms with Crippen LogP contribution in [0.1, 0.15) is 11.1 Å². The van der Waals surface area contributed by atoms with Gasteiger partial charge < -0.3 is 9.84 Å². The summed E-state index contributed by atoms with van der Waals surface area (Å²) in [5.41, 5.74) is 2.00. The third-order valence-corrected chi connectivity index (χ3v) is 3.36. The van der Waals surface area contributed by atoms with Gasteiger partial charge in [-0.2, -0.15) is 0 Å². The highest BCUT2D eigenvalue weighted by molar-refractivity contribution is 5.41. The highest BCUT2D eigenvalue weighted by atomic mass is 19.1. The van der Waals surface area contributed by atoms with E-state index in [1.54, 1.807) is 24.3 Å². The number of phenols is 1. The molecule has 0 saturated heterocycles. The van der Waals surface area contributed by atoms with Crippen molar-refractivity contribution in [2.45, 2.75) is 13.1 Å². The maximum absolute atomic E-state index is 13.0. The number of nitrogens with zero attached hydrogens (tertiary/aromatic N) is 1. The van der Waals surface area contributed by atoms with E-state index >= 15 is 0 Å². The lowest BCUT2D eigenvalue weighted by atomic mass is 10.1. The van der Waals surface area contributed by atoms with Crippen molar-refractivity contribution in [2.24, 2.45) is 0 Å². The molecular weight excluding hydrogens is 281 g/mol. The Bertz CT molecular complexity index is 625. The van der Waals surface area contributed by atoms with Gasteiger partial charge in [0.1, 0.15) is 5.82 Å². The van der Waals surface area contributed by atoms with Gasteiger partial charge in [0.15, 0.2) is 11.5 Å². The summed E-state index contributed by atoms with van der Waals surface area (Å²) in [6.07, 6.45) is 1.83. The van der Waals surface area contributed by atoms with E-state index < -0.39 is 0 Å². The molecule has 0 bridgehead atoms. The Morgan fingerprint density at radius 3 is 2.36 bits per heavy atom. The molecule has 0 spiro atoms. The maximum Gasteiger partial charge on any atom is 0.160 e. The number of halogens is 1. The fraction of sp³-hybridized carbons (Fsp3) is 0.222. The summed E-state index contributed by atoms with van der Waals surface area (Å²) in [6.45, 7) is 5.80. The Labute approximate surface area is 130 Å². The zero-order valence-corrected chi connectivity index (χ0v) is 12.6. The Hall–Kier alpha value is -2.33. The Morgan fingerprint density at radius 1 is 1.14 bits per heavy atom. The zero-order valence-electron chi connectivity index (χ0n) is 12.6. The number of aromatic hydroxyl groups is 1. The quantitative estimate of drug-likeness (QED) is 0.791. The molecule has 116 valence electrons. The van der Waals surface area contributed by atoms with Crippen molar-refractivity contribution in [3.05, 3.63) is 72.1 Å². The molecule has 2 rings (SSSR count). The molecule has 0 saturated carbocycles. The first-order valence-corrected chi connectivity index (χ1v) is 7.06. The number of benzene rings is 2. The summed E-state index contributed by atoms with van der Waals surface area (Å²) in [5.74, 6) is 0.344. The van der Waals surface area contributed by atoms with Crippen LogP contribution in [0.5, 0.6) is 11.5 Å². The maximum atomic E-state index is 13.0. The third kappa shape index (κ3) is 4.33. The highest BCUT2D eigenvalue weighted by Crippen LogP contribution is 2.27. The van der Waals surface area contributed by atoms with Crippen LogP contribution in [-0.2, 0) is 13.1 Å². The average molecular weight is 301 g/mol. The van der Waals surface area contributed by atoms with Crippen molar-refractivity contribution in [1.29, 1.82) is 0 Å². The van der Waals surface area contributed by atoms with Gasteiger partial charge in [0.05, 0.1) is 7.11 Å². The Balaban J connectivity index is 2.09. The monoisotopic (exact) mass is 301 g/mol. The van der Waals surface area contributed by atoms with Gasteiger partial charge in [0.2, 0.25) is 0 Å². The SMILES string of the molecule is C=CCN(Cc1ccc(F)cc1)Cc1ccc(OC)c(O)c1. The Morgan fingerprint density at radius 2 is 1.77 bits per heavy atom. The molecule has 0 atom stereocenters. The summed E-state index contributed by atoms with van der Waals surface area (Å²) >= 11 is 0. The first kappa shape index (κ1) is 16.0. The van der Waals surface area contributed by atoms with Gasteiger partial charge in [-0.15, -0.1) is 6.58 Å². The first-order chi connectivity index (χ1) is 10.6. The van der Waals surface area contributed by atoms with Gasteiger partial charge in [-0.3, -0.25) is 4.90 Å². The molecule has 0 aromatic heterocycles. The standard InChI is InChI=1S/C18H20FNO2/c1-3-10-20(12-14-4-7-16(19)8-5-14)13-15-6-9-18(22-2)17(21)11-15/h3-9,11,21H,1,10,12-13H2,2H3. The summed E-state index contributed by atoms with van der Waals surface area (Å²) in [5, 5.41) is 9.85. The molecule has 2 aromatic rings. The predicted molar refractivity (Wildman–Crippen MR) is 85.4 cm³/mol. The fourth-order valence-corrected chi connectivity index (χ4v) is 2.31. The molecule has 0 fully saturated rings. The van der Waals surface area contributed by atoms with Gasteiger partial charge in [-0.1, -0.05) is 24.3 Å². The lowest BCUT2D eigenvalue weighted by molar-refractivity contribution is 0.285. The van der Waals surface area contributed by atoms with Crippen LogP contribution < -0.4 is 4.74 Å². The first-order valence-electron chi connectivity index (χ1n) is 7.06. The molecule has 0 unspecified atom stereocenters. The minimum Gasteiger partial charge on any atom is -0.504 e. The average Bonchev–Trinajstić information content (AvgIpc) is 2.50.